The second-order valence-electron chi connectivity index (χ2n) is 7.16. The first kappa shape index (κ1) is 18.2. The number of benzene rings is 2. The van der Waals surface area contributed by atoms with Gasteiger partial charge in [-0.2, -0.15) is 0 Å². The molecule has 26 heavy (non-hydrogen) atoms. The van der Waals surface area contributed by atoms with Crippen molar-refractivity contribution < 1.29 is 4.79 Å². The molecule has 134 valence electrons. The van der Waals surface area contributed by atoms with Crippen LogP contribution in [0.3, 0.4) is 0 Å². The van der Waals surface area contributed by atoms with Gasteiger partial charge >= 0.3 is 0 Å². The third kappa shape index (κ3) is 4.50. The van der Waals surface area contributed by atoms with Crippen LogP contribution >= 0.6 is 0 Å². The van der Waals surface area contributed by atoms with Crippen LogP contribution in [-0.2, 0) is 11.3 Å². The molecule has 0 aliphatic carbocycles. The fraction of sp³-hybridized carbons (Fsp3) is 0.364. The van der Waals surface area contributed by atoms with Crippen molar-refractivity contribution in [3.05, 3.63) is 65.0 Å². The number of hydrogen-bond acceptors (Lipinski definition) is 2. The summed E-state index contributed by atoms with van der Waals surface area (Å²) < 4.78 is 0. The smallest absolute Gasteiger partial charge is 0.223 e. The van der Waals surface area contributed by atoms with Crippen LogP contribution in [0.5, 0.6) is 0 Å². The van der Waals surface area contributed by atoms with Crippen molar-refractivity contribution in [3.63, 3.8) is 0 Å². The molecule has 1 fully saturated rings. The summed E-state index contributed by atoms with van der Waals surface area (Å²) in [5.41, 5.74) is 5.00. The summed E-state index contributed by atoms with van der Waals surface area (Å²) in [6, 6.07) is 14.0. The van der Waals surface area contributed by atoms with Crippen LogP contribution < -0.4 is 5.32 Å². The number of nitrogens with one attached hydrogen (secondary N) is 1. The molecule has 2 aromatic rings. The van der Waals surface area contributed by atoms with Gasteiger partial charge in [0.2, 0.25) is 5.91 Å². The van der Waals surface area contributed by atoms with E-state index in [4.69, 9.17) is 6.57 Å². The van der Waals surface area contributed by atoms with E-state index < -0.39 is 0 Å². The fourth-order valence-electron chi connectivity index (χ4n) is 3.49. The Morgan fingerprint density at radius 3 is 2.69 bits per heavy atom. The molecule has 4 heteroatoms. The second kappa shape index (κ2) is 8.16. The van der Waals surface area contributed by atoms with Crippen molar-refractivity contribution in [3.8, 4) is 11.1 Å². The molecular weight excluding hydrogens is 322 g/mol. The number of aryl methyl sites for hydroxylation is 1. The summed E-state index contributed by atoms with van der Waals surface area (Å²) in [7, 11) is 2.10. The molecule has 1 aliphatic heterocycles. The molecular formula is C22H25N3O. The Hall–Kier alpha value is -2.64. The van der Waals surface area contributed by atoms with Gasteiger partial charge in [-0.3, -0.25) is 4.79 Å². The van der Waals surface area contributed by atoms with Crippen LogP contribution in [0.25, 0.3) is 16.0 Å². The zero-order valence-corrected chi connectivity index (χ0v) is 15.5. The van der Waals surface area contributed by atoms with Gasteiger partial charge in [-0.05, 0) is 68.7 Å². The summed E-state index contributed by atoms with van der Waals surface area (Å²) in [6.45, 7) is 11.8. The average Bonchev–Trinajstić information content (AvgIpc) is 2.66. The summed E-state index contributed by atoms with van der Waals surface area (Å²) in [6.07, 6.45) is 1.87. The SMILES string of the molecule is [C-]#[N+]c1cccc(-c2cc(C)cc(CNC(=O)C3CCN(C)CC3)c2)c1. The van der Waals surface area contributed by atoms with Crippen molar-refractivity contribution in [2.45, 2.75) is 26.3 Å². The highest BCUT2D eigenvalue weighted by Crippen LogP contribution is 2.26. The minimum atomic E-state index is 0.130. The fourth-order valence-corrected chi connectivity index (χ4v) is 3.49. The summed E-state index contributed by atoms with van der Waals surface area (Å²) >= 11 is 0. The summed E-state index contributed by atoms with van der Waals surface area (Å²) in [5, 5.41) is 3.11. The van der Waals surface area contributed by atoms with E-state index in [1.807, 2.05) is 24.3 Å². The van der Waals surface area contributed by atoms with Crippen LogP contribution in [0.1, 0.15) is 24.0 Å². The average molecular weight is 347 g/mol. The standard InChI is InChI=1S/C22H25N3O/c1-16-11-17(15-24-22(26)18-7-9-25(3)10-8-18)13-20(12-16)19-5-4-6-21(14-19)23-2/h4-6,11-14,18H,7-10,15H2,1,3H3,(H,24,26). The Morgan fingerprint density at radius 1 is 1.19 bits per heavy atom. The predicted octanol–water partition coefficient (Wildman–Crippen LogP) is 4.17. The lowest BCUT2D eigenvalue weighted by molar-refractivity contribution is -0.126. The predicted molar refractivity (Wildman–Crippen MR) is 105 cm³/mol. The molecule has 4 nitrogen and oxygen atoms in total. The zero-order valence-electron chi connectivity index (χ0n) is 15.5. The highest BCUT2D eigenvalue weighted by molar-refractivity contribution is 5.79. The van der Waals surface area contributed by atoms with Gasteiger partial charge in [-0.1, -0.05) is 35.9 Å². The van der Waals surface area contributed by atoms with E-state index in [1.165, 1.54) is 0 Å². The van der Waals surface area contributed by atoms with E-state index in [9.17, 15) is 4.79 Å². The Balaban J connectivity index is 1.70. The summed E-state index contributed by atoms with van der Waals surface area (Å²) in [5.74, 6) is 0.294. The van der Waals surface area contributed by atoms with E-state index >= 15 is 0 Å². The lowest BCUT2D eigenvalue weighted by atomic mass is 9.96. The third-order valence-corrected chi connectivity index (χ3v) is 5.00. The Bertz CT molecular complexity index is 830. The molecule has 3 rings (SSSR count). The first-order chi connectivity index (χ1) is 12.5. The molecule has 0 unspecified atom stereocenters. The van der Waals surface area contributed by atoms with Crippen LogP contribution in [-0.4, -0.2) is 30.9 Å². The molecule has 0 spiro atoms. The minimum absolute atomic E-state index is 0.130. The first-order valence-electron chi connectivity index (χ1n) is 9.10. The number of amides is 1. The maximum absolute atomic E-state index is 12.4. The van der Waals surface area contributed by atoms with Crippen molar-refractivity contribution in [1.82, 2.24) is 10.2 Å². The monoisotopic (exact) mass is 347 g/mol. The van der Waals surface area contributed by atoms with Gasteiger partial charge in [0.1, 0.15) is 0 Å². The van der Waals surface area contributed by atoms with Crippen molar-refractivity contribution in [2.24, 2.45) is 5.92 Å². The van der Waals surface area contributed by atoms with Crippen molar-refractivity contribution in [2.75, 3.05) is 20.1 Å². The maximum atomic E-state index is 12.4. The number of carbonyl (C=O) groups excluding carboxylic acids is 1. The number of rotatable bonds is 4. The van der Waals surface area contributed by atoms with Gasteiger partial charge in [-0.25, -0.2) is 4.85 Å². The number of likely N-dealkylation sites (tertiary alicyclic amines) is 1. The highest BCUT2D eigenvalue weighted by atomic mass is 16.1. The highest BCUT2D eigenvalue weighted by Gasteiger charge is 2.22. The van der Waals surface area contributed by atoms with E-state index in [1.54, 1.807) is 0 Å². The summed E-state index contributed by atoms with van der Waals surface area (Å²) in [4.78, 5) is 18.2. The topological polar surface area (TPSA) is 36.7 Å². The number of piperidine rings is 1. The molecule has 1 saturated heterocycles. The van der Waals surface area contributed by atoms with Gasteiger partial charge in [0, 0.05) is 12.5 Å². The third-order valence-electron chi connectivity index (χ3n) is 5.00. The molecule has 0 aromatic heterocycles. The molecule has 0 radical (unpaired) electrons. The molecule has 1 aliphatic rings. The lowest BCUT2D eigenvalue weighted by Crippen LogP contribution is -2.38. The molecule has 1 amide bonds. The van der Waals surface area contributed by atoms with Gasteiger partial charge in [0.25, 0.3) is 0 Å². The van der Waals surface area contributed by atoms with Crippen LogP contribution in [0.2, 0.25) is 0 Å². The van der Waals surface area contributed by atoms with Crippen molar-refractivity contribution in [1.29, 1.82) is 0 Å². The molecule has 0 atom stereocenters. The van der Waals surface area contributed by atoms with Crippen LogP contribution in [0.15, 0.2) is 42.5 Å². The molecule has 1 heterocycles. The molecule has 1 N–H and O–H groups in total. The van der Waals surface area contributed by atoms with Gasteiger partial charge < -0.3 is 10.2 Å². The quantitative estimate of drug-likeness (QED) is 0.843. The van der Waals surface area contributed by atoms with E-state index in [-0.39, 0.29) is 11.8 Å². The number of hydrogen-bond donors (Lipinski definition) is 1. The zero-order chi connectivity index (χ0) is 18.5. The Kier molecular flexibility index (Phi) is 5.70. The van der Waals surface area contributed by atoms with Gasteiger partial charge in [-0.15, -0.1) is 0 Å². The normalized spacial score (nSPS) is 15.4. The van der Waals surface area contributed by atoms with Crippen molar-refractivity contribution >= 4 is 11.6 Å². The molecule has 0 bridgehead atoms. The molecule has 0 saturated carbocycles. The minimum Gasteiger partial charge on any atom is -0.352 e. The second-order valence-corrected chi connectivity index (χ2v) is 7.16. The largest absolute Gasteiger partial charge is 0.352 e. The van der Waals surface area contributed by atoms with E-state index in [2.05, 4.69) is 47.2 Å². The number of nitrogens with zero attached hydrogens (tertiary/aromatic N) is 2. The molecule has 2 aromatic carbocycles. The van der Waals surface area contributed by atoms with Crippen LogP contribution in [0.4, 0.5) is 5.69 Å². The maximum Gasteiger partial charge on any atom is 0.223 e. The van der Waals surface area contributed by atoms with E-state index in [0.717, 1.165) is 48.2 Å². The Labute approximate surface area is 155 Å². The van der Waals surface area contributed by atoms with E-state index in [0.29, 0.717) is 12.2 Å². The lowest BCUT2D eigenvalue weighted by Gasteiger charge is -2.28. The van der Waals surface area contributed by atoms with Crippen LogP contribution in [0, 0.1) is 19.4 Å². The Morgan fingerprint density at radius 2 is 1.96 bits per heavy atom. The first-order valence-corrected chi connectivity index (χ1v) is 9.10. The number of carbonyl (C=O) groups is 1. The van der Waals surface area contributed by atoms with Gasteiger partial charge in [0.15, 0.2) is 5.69 Å². The van der Waals surface area contributed by atoms with Gasteiger partial charge in [0.05, 0.1) is 6.57 Å².